The summed E-state index contributed by atoms with van der Waals surface area (Å²) in [6.07, 6.45) is 1.86. The van der Waals surface area contributed by atoms with Crippen molar-refractivity contribution >= 4 is 16.1 Å². The highest BCUT2D eigenvalue weighted by molar-refractivity contribution is 6.91. The first-order valence-electron chi connectivity index (χ1n) is 19.8. The van der Waals surface area contributed by atoms with Gasteiger partial charge in [-0.05, 0) is 57.0 Å². The highest BCUT2D eigenvalue weighted by atomic mass is 28.3. The molecule has 0 saturated heterocycles. The molecule has 2 aromatic carbocycles. The summed E-state index contributed by atoms with van der Waals surface area (Å²) in [5.74, 6) is 7.14. The summed E-state index contributed by atoms with van der Waals surface area (Å²) in [4.78, 5) is 19.0. The Bertz CT molecular complexity index is 2150. The van der Waals surface area contributed by atoms with Crippen molar-refractivity contribution in [1.29, 1.82) is 0 Å². The number of pyridine rings is 1. The SMILES string of the molecule is CC(C)[Si](C#Cc1cc(-n2cc(Cn3nc(-c4ccccc4)cc(-c4ccccc4)c3=O)nn2)cc(C#C[Si](C(C)C)(C(C)C)C(C)C)n1)(C(C)C)C(C)C. The van der Waals surface area contributed by atoms with Crippen molar-refractivity contribution in [3.63, 3.8) is 0 Å². The summed E-state index contributed by atoms with van der Waals surface area (Å²) >= 11 is 0. The van der Waals surface area contributed by atoms with Crippen LogP contribution in [0.2, 0.25) is 33.2 Å². The Morgan fingerprint density at radius 1 is 0.618 bits per heavy atom. The van der Waals surface area contributed by atoms with Crippen LogP contribution in [0.3, 0.4) is 0 Å². The van der Waals surface area contributed by atoms with Crippen molar-refractivity contribution in [2.75, 3.05) is 0 Å². The number of hydrogen-bond donors (Lipinski definition) is 0. The van der Waals surface area contributed by atoms with Gasteiger partial charge in [-0.25, -0.2) is 14.3 Å². The van der Waals surface area contributed by atoms with Crippen LogP contribution in [0, 0.1) is 22.9 Å². The van der Waals surface area contributed by atoms with Crippen molar-refractivity contribution < 1.29 is 0 Å². The number of rotatable bonds is 11. The van der Waals surface area contributed by atoms with E-state index in [0.29, 0.717) is 61.6 Å². The van der Waals surface area contributed by atoms with Crippen LogP contribution in [0.25, 0.3) is 28.1 Å². The lowest BCUT2D eigenvalue weighted by molar-refractivity contribution is 0.631. The molecule has 0 N–H and O–H groups in total. The average molecular weight is 767 g/mol. The lowest BCUT2D eigenvalue weighted by atomic mass is 10.0. The van der Waals surface area contributed by atoms with E-state index in [1.807, 2.05) is 85.1 Å². The second-order valence-corrected chi connectivity index (χ2v) is 27.8. The van der Waals surface area contributed by atoms with Gasteiger partial charge in [0.1, 0.15) is 33.2 Å². The summed E-state index contributed by atoms with van der Waals surface area (Å²) in [5, 5.41) is 13.9. The van der Waals surface area contributed by atoms with Gasteiger partial charge < -0.3 is 0 Å². The van der Waals surface area contributed by atoms with Crippen molar-refractivity contribution in [2.45, 2.75) is 123 Å². The predicted octanol–water partition coefficient (Wildman–Crippen LogP) is 10.7. The zero-order chi connectivity index (χ0) is 40.1. The fraction of sp³-hybridized carbons (Fsp3) is 0.413. The molecule has 5 aromatic rings. The molecular formula is C46H58N6OSi2. The van der Waals surface area contributed by atoms with Gasteiger partial charge in [0.25, 0.3) is 5.56 Å². The summed E-state index contributed by atoms with van der Waals surface area (Å²) in [7, 11) is -4.05. The van der Waals surface area contributed by atoms with Crippen LogP contribution in [0.1, 0.15) is 100 Å². The molecule has 5 rings (SSSR count). The normalized spacial score (nSPS) is 12.1. The first kappa shape index (κ1) is 41.3. The minimum atomic E-state index is -2.03. The molecule has 9 heteroatoms. The fourth-order valence-corrected chi connectivity index (χ4v) is 19.3. The number of benzene rings is 2. The van der Waals surface area contributed by atoms with E-state index in [9.17, 15) is 4.79 Å². The monoisotopic (exact) mass is 766 g/mol. The van der Waals surface area contributed by atoms with Gasteiger partial charge in [0.05, 0.1) is 29.7 Å². The van der Waals surface area contributed by atoms with E-state index >= 15 is 0 Å². The van der Waals surface area contributed by atoms with Gasteiger partial charge in [-0.2, -0.15) is 5.10 Å². The number of nitrogens with zero attached hydrogens (tertiary/aromatic N) is 6. The van der Waals surface area contributed by atoms with Gasteiger partial charge >= 0.3 is 0 Å². The zero-order valence-electron chi connectivity index (χ0n) is 34.8. The first-order valence-corrected chi connectivity index (χ1v) is 24.3. The lowest BCUT2D eigenvalue weighted by Gasteiger charge is -2.38. The Kier molecular flexibility index (Phi) is 13.0. The molecule has 0 aliphatic heterocycles. The van der Waals surface area contributed by atoms with Gasteiger partial charge in [-0.15, -0.1) is 16.2 Å². The molecule has 0 spiro atoms. The van der Waals surface area contributed by atoms with Crippen LogP contribution in [0.5, 0.6) is 0 Å². The van der Waals surface area contributed by atoms with E-state index in [2.05, 4.69) is 116 Å². The molecule has 7 nitrogen and oxygen atoms in total. The van der Waals surface area contributed by atoms with Crippen LogP contribution < -0.4 is 5.56 Å². The molecule has 3 heterocycles. The second kappa shape index (κ2) is 17.3. The van der Waals surface area contributed by atoms with E-state index < -0.39 is 16.1 Å². The standard InChI is InChI=1S/C46H58N6OSi2/c1-32(2)54(33(3)4,34(5)6)25-23-40-27-43(28-41(47-40)24-26-55(35(7)8,36(9)10)37(11)12)51-30-42(48-50-51)31-52-46(53)44(38-19-15-13-16-20-38)29-45(49-52)39-21-17-14-18-22-39/h13-22,27-30,32-37H,31H2,1-12H3. The summed E-state index contributed by atoms with van der Waals surface area (Å²) in [5.41, 5.74) is 16.3. The molecule has 286 valence electrons. The van der Waals surface area contributed by atoms with Crippen molar-refractivity contribution in [3.8, 4) is 51.0 Å². The smallest absolute Gasteiger partial charge is 0.267 e. The van der Waals surface area contributed by atoms with E-state index in [1.165, 1.54) is 4.68 Å². The molecule has 0 unspecified atom stereocenters. The minimum Gasteiger partial charge on any atom is -0.267 e. The minimum absolute atomic E-state index is 0.153. The Balaban J connectivity index is 1.63. The Morgan fingerprint density at radius 3 is 1.53 bits per heavy atom. The second-order valence-electron chi connectivity index (χ2n) is 16.7. The molecule has 0 fully saturated rings. The summed E-state index contributed by atoms with van der Waals surface area (Å²) in [6, 6.07) is 25.5. The Labute approximate surface area is 331 Å². The maximum absolute atomic E-state index is 13.9. The third-order valence-electron chi connectivity index (χ3n) is 11.6. The van der Waals surface area contributed by atoms with Crippen LogP contribution >= 0.6 is 0 Å². The molecule has 0 aliphatic carbocycles. The maximum Gasteiger partial charge on any atom is 0.275 e. The third kappa shape index (κ3) is 8.69. The zero-order valence-corrected chi connectivity index (χ0v) is 36.8. The van der Waals surface area contributed by atoms with E-state index in [4.69, 9.17) is 10.1 Å². The molecule has 0 radical (unpaired) electrons. The van der Waals surface area contributed by atoms with Crippen molar-refractivity contribution in [2.24, 2.45) is 0 Å². The summed E-state index contributed by atoms with van der Waals surface area (Å²) in [6.45, 7) is 28.0. The molecule has 55 heavy (non-hydrogen) atoms. The van der Waals surface area contributed by atoms with Gasteiger partial charge in [0.2, 0.25) is 0 Å². The van der Waals surface area contributed by atoms with Gasteiger partial charge in [-0.3, -0.25) is 4.79 Å². The average Bonchev–Trinajstić information content (AvgIpc) is 3.61. The predicted molar refractivity (Wildman–Crippen MR) is 233 cm³/mol. The van der Waals surface area contributed by atoms with Crippen LogP contribution in [-0.4, -0.2) is 45.9 Å². The van der Waals surface area contributed by atoms with E-state index in [0.717, 1.165) is 16.8 Å². The van der Waals surface area contributed by atoms with E-state index in [1.54, 1.807) is 4.68 Å². The van der Waals surface area contributed by atoms with Crippen LogP contribution in [0.15, 0.2) is 89.9 Å². The highest BCUT2D eigenvalue weighted by Crippen LogP contribution is 2.42. The number of aromatic nitrogens is 6. The summed E-state index contributed by atoms with van der Waals surface area (Å²) < 4.78 is 3.23. The Hall–Kier alpha value is -4.84. The van der Waals surface area contributed by atoms with Gasteiger partial charge in [0.15, 0.2) is 0 Å². The van der Waals surface area contributed by atoms with E-state index in [-0.39, 0.29) is 12.1 Å². The van der Waals surface area contributed by atoms with Gasteiger partial charge in [0, 0.05) is 5.56 Å². The molecular weight excluding hydrogens is 709 g/mol. The molecule has 0 saturated carbocycles. The van der Waals surface area contributed by atoms with Crippen molar-refractivity contribution in [3.05, 3.63) is 112 Å². The fourth-order valence-electron chi connectivity index (χ4n) is 8.86. The third-order valence-corrected chi connectivity index (χ3v) is 24.2. The highest BCUT2D eigenvalue weighted by Gasteiger charge is 2.42. The first-order chi connectivity index (χ1) is 26.1. The van der Waals surface area contributed by atoms with Crippen LogP contribution in [0.4, 0.5) is 0 Å². The van der Waals surface area contributed by atoms with Crippen molar-refractivity contribution in [1.82, 2.24) is 29.8 Å². The number of hydrogen-bond acceptors (Lipinski definition) is 5. The molecule has 0 bridgehead atoms. The molecule has 3 aromatic heterocycles. The maximum atomic E-state index is 13.9. The molecule has 0 amide bonds. The Morgan fingerprint density at radius 2 is 1.07 bits per heavy atom. The molecule has 0 aliphatic rings. The quantitative estimate of drug-likeness (QED) is 0.0988. The van der Waals surface area contributed by atoms with Crippen LogP contribution in [-0.2, 0) is 6.54 Å². The van der Waals surface area contributed by atoms with Gasteiger partial charge in [-0.1, -0.05) is 161 Å². The topological polar surface area (TPSA) is 78.5 Å². The largest absolute Gasteiger partial charge is 0.275 e. The molecule has 0 atom stereocenters. The lowest BCUT2D eigenvalue weighted by Crippen LogP contribution is -2.43.